The first-order valence-corrected chi connectivity index (χ1v) is 6.47. The summed E-state index contributed by atoms with van der Waals surface area (Å²) in [5.41, 5.74) is 6.78. The number of thiazole rings is 1. The van der Waals surface area contributed by atoms with Crippen molar-refractivity contribution in [3.63, 3.8) is 0 Å². The predicted molar refractivity (Wildman–Crippen MR) is 65.7 cm³/mol. The topological polar surface area (TPSA) is 51.4 Å². The highest BCUT2D eigenvalue weighted by atomic mass is 32.1. The Morgan fingerprint density at radius 1 is 1.56 bits per heavy atom. The zero-order valence-corrected chi connectivity index (χ0v) is 10.7. The van der Waals surface area contributed by atoms with Crippen LogP contribution >= 0.6 is 11.3 Å². The molecule has 1 saturated heterocycles. The van der Waals surface area contributed by atoms with Crippen molar-refractivity contribution >= 4 is 11.3 Å². The molecule has 0 aromatic carbocycles. The predicted octanol–water partition coefficient (Wildman–Crippen LogP) is 0.919. The summed E-state index contributed by atoms with van der Waals surface area (Å²) in [5.74, 6) is 0. The van der Waals surface area contributed by atoms with Crippen LogP contribution < -0.4 is 5.73 Å². The average molecular weight is 241 g/mol. The first-order valence-electron chi connectivity index (χ1n) is 5.66. The summed E-state index contributed by atoms with van der Waals surface area (Å²) in [6.45, 7) is 8.41. The number of hydrogen-bond acceptors (Lipinski definition) is 5. The first-order chi connectivity index (χ1) is 7.69. The van der Waals surface area contributed by atoms with Crippen LogP contribution in [-0.4, -0.2) is 42.2 Å². The van der Waals surface area contributed by atoms with Crippen molar-refractivity contribution in [3.8, 4) is 0 Å². The fourth-order valence-corrected chi connectivity index (χ4v) is 2.84. The van der Waals surface area contributed by atoms with Gasteiger partial charge in [-0.2, -0.15) is 0 Å². The molecule has 0 bridgehead atoms. The van der Waals surface area contributed by atoms with Crippen LogP contribution in [0, 0.1) is 13.8 Å². The second kappa shape index (κ2) is 5.23. The fraction of sp³-hybridized carbons (Fsp3) is 0.727. The van der Waals surface area contributed by atoms with Crippen LogP contribution in [0.3, 0.4) is 0 Å². The normalized spacial score (nSPS) is 22.6. The van der Waals surface area contributed by atoms with Crippen LogP contribution in [0.4, 0.5) is 0 Å². The van der Waals surface area contributed by atoms with Gasteiger partial charge in [-0.25, -0.2) is 4.98 Å². The van der Waals surface area contributed by atoms with E-state index in [-0.39, 0.29) is 6.10 Å². The van der Waals surface area contributed by atoms with E-state index in [1.54, 1.807) is 11.3 Å². The Balaban J connectivity index is 1.93. The number of hydrogen-bond donors (Lipinski definition) is 1. The van der Waals surface area contributed by atoms with Crippen molar-refractivity contribution in [2.24, 2.45) is 5.73 Å². The summed E-state index contributed by atoms with van der Waals surface area (Å²) in [6, 6.07) is 0. The largest absolute Gasteiger partial charge is 0.374 e. The third kappa shape index (κ3) is 2.79. The molecule has 0 saturated carbocycles. The number of morpholine rings is 1. The first kappa shape index (κ1) is 12.0. The molecular weight excluding hydrogens is 222 g/mol. The van der Waals surface area contributed by atoms with Gasteiger partial charge in [0.15, 0.2) is 0 Å². The molecule has 5 heteroatoms. The fourth-order valence-electron chi connectivity index (χ4n) is 1.86. The van der Waals surface area contributed by atoms with Gasteiger partial charge < -0.3 is 10.5 Å². The summed E-state index contributed by atoms with van der Waals surface area (Å²) in [6.07, 6.45) is 0.191. The number of rotatable bonds is 3. The quantitative estimate of drug-likeness (QED) is 0.855. The molecule has 1 fully saturated rings. The number of aryl methyl sites for hydroxylation is 2. The lowest BCUT2D eigenvalue weighted by molar-refractivity contribution is -0.0260. The molecule has 0 unspecified atom stereocenters. The van der Waals surface area contributed by atoms with E-state index in [4.69, 9.17) is 10.5 Å². The van der Waals surface area contributed by atoms with Crippen LogP contribution in [0.5, 0.6) is 0 Å². The lowest BCUT2D eigenvalue weighted by atomic mass is 10.3. The van der Waals surface area contributed by atoms with E-state index >= 15 is 0 Å². The Morgan fingerprint density at radius 3 is 3.00 bits per heavy atom. The Kier molecular flexibility index (Phi) is 3.91. The second-order valence-corrected chi connectivity index (χ2v) is 5.50. The molecular formula is C11H19N3OS. The highest BCUT2D eigenvalue weighted by Gasteiger charge is 2.20. The molecule has 4 nitrogen and oxygen atoms in total. The van der Waals surface area contributed by atoms with Crippen LogP contribution in [-0.2, 0) is 11.3 Å². The lowest BCUT2D eigenvalue weighted by Crippen LogP contribution is -2.45. The van der Waals surface area contributed by atoms with E-state index in [9.17, 15) is 0 Å². The van der Waals surface area contributed by atoms with E-state index in [0.29, 0.717) is 6.54 Å². The van der Waals surface area contributed by atoms with Gasteiger partial charge in [-0.1, -0.05) is 0 Å². The van der Waals surface area contributed by atoms with Crippen LogP contribution in [0.25, 0.3) is 0 Å². The smallest absolute Gasteiger partial charge is 0.107 e. The van der Waals surface area contributed by atoms with Crippen molar-refractivity contribution in [1.82, 2.24) is 9.88 Å². The highest BCUT2D eigenvalue weighted by molar-refractivity contribution is 7.11. The minimum absolute atomic E-state index is 0.191. The molecule has 1 aliphatic heterocycles. The van der Waals surface area contributed by atoms with Gasteiger partial charge >= 0.3 is 0 Å². The van der Waals surface area contributed by atoms with Crippen molar-refractivity contribution in [1.29, 1.82) is 0 Å². The maximum absolute atomic E-state index is 5.62. The monoisotopic (exact) mass is 241 g/mol. The molecule has 1 aromatic rings. The average Bonchev–Trinajstić information content (AvgIpc) is 2.58. The minimum Gasteiger partial charge on any atom is -0.374 e. The van der Waals surface area contributed by atoms with E-state index < -0.39 is 0 Å². The third-order valence-corrected chi connectivity index (χ3v) is 3.98. The number of nitrogens with zero attached hydrogens (tertiary/aromatic N) is 2. The molecule has 2 heterocycles. The van der Waals surface area contributed by atoms with Crippen LogP contribution in [0.1, 0.15) is 15.6 Å². The van der Waals surface area contributed by atoms with Gasteiger partial charge in [0.25, 0.3) is 0 Å². The zero-order valence-electron chi connectivity index (χ0n) is 9.90. The third-order valence-electron chi connectivity index (χ3n) is 2.92. The van der Waals surface area contributed by atoms with Gasteiger partial charge in [-0.05, 0) is 13.8 Å². The highest BCUT2D eigenvalue weighted by Crippen LogP contribution is 2.19. The molecule has 2 rings (SSSR count). The van der Waals surface area contributed by atoms with Crippen LogP contribution in [0.15, 0.2) is 0 Å². The summed E-state index contributed by atoms with van der Waals surface area (Å²) < 4.78 is 5.54. The molecule has 90 valence electrons. The Bertz CT molecular complexity index is 333. The lowest BCUT2D eigenvalue weighted by Gasteiger charge is -2.31. The molecule has 0 aliphatic carbocycles. The second-order valence-electron chi connectivity index (χ2n) is 4.21. The number of nitrogens with two attached hydrogens (primary N) is 1. The Labute approximate surface area is 100 Å². The molecule has 0 radical (unpaired) electrons. The molecule has 1 aliphatic rings. The molecule has 1 atom stereocenters. The van der Waals surface area contributed by atoms with Crippen molar-refractivity contribution < 1.29 is 4.74 Å². The van der Waals surface area contributed by atoms with Gasteiger partial charge in [0.2, 0.25) is 0 Å². The molecule has 1 aromatic heterocycles. The Hall–Kier alpha value is -0.490. The summed E-state index contributed by atoms with van der Waals surface area (Å²) in [7, 11) is 0. The molecule has 0 amide bonds. The Morgan fingerprint density at radius 2 is 2.38 bits per heavy atom. The molecule has 2 N–H and O–H groups in total. The number of aromatic nitrogens is 1. The van der Waals surface area contributed by atoms with Gasteiger partial charge in [0, 0.05) is 24.5 Å². The summed E-state index contributed by atoms with van der Waals surface area (Å²) in [4.78, 5) is 8.25. The molecule has 0 spiro atoms. The maximum atomic E-state index is 5.62. The van der Waals surface area contributed by atoms with Gasteiger partial charge in [0.1, 0.15) is 5.01 Å². The van der Waals surface area contributed by atoms with Gasteiger partial charge in [-0.15, -0.1) is 11.3 Å². The van der Waals surface area contributed by atoms with Gasteiger partial charge in [-0.3, -0.25) is 4.90 Å². The zero-order chi connectivity index (χ0) is 11.5. The van der Waals surface area contributed by atoms with Crippen molar-refractivity contribution in [3.05, 3.63) is 15.6 Å². The van der Waals surface area contributed by atoms with Crippen molar-refractivity contribution in [2.45, 2.75) is 26.5 Å². The van der Waals surface area contributed by atoms with Crippen LogP contribution in [0.2, 0.25) is 0 Å². The van der Waals surface area contributed by atoms with E-state index in [2.05, 4.69) is 23.7 Å². The minimum atomic E-state index is 0.191. The summed E-state index contributed by atoms with van der Waals surface area (Å²) >= 11 is 1.79. The maximum Gasteiger partial charge on any atom is 0.107 e. The summed E-state index contributed by atoms with van der Waals surface area (Å²) in [5, 5.41) is 1.20. The van der Waals surface area contributed by atoms with E-state index in [0.717, 1.165) is 31.9 Å². The molecule has 16 heavy (non-hydrogen) atoms. The van der Waals surface area contributed by atoms with E-state index in [1.165, 1.54) is 9.88 Å². The SMILES string of the molecule is Cc1nc(CN2CCO[C@@H](CN)C2)sc1C. The van der Waals surface area contributed by atoms with Crippen molar-refractivity contribution in [2.75, 3.05) is 26.2 Å². The standard InChI is InChI=1S/C11H19N3OS/c1-8-9(2)16-11(13-8)7-14-3-4-15-10(5-12)6-14/h10H,3-7,12H2,1-2H3/t10-/m0/s1. The number of ether oxygens (including phenoxy) is 1. The van der Waals surface area contributed by atoms with E-state index in [1.807, 2.05) is 0 Å². The van der Waals surface area contributed by atoms with Gasteiger partial charge in [0.05, 0.1) is 24.9 Å².